The summed E-state index contributed by atoms with van der Waals surface area (Å²) in [5, 5.41) is 3.21. The lowest BCUT2D eigenvalue weighted by Gasteiger charge is -2.05. The number of anilines is 1. The van der Waals surface area contributed by atoms with E-state index in [-0.39, 0.29) is 16.2 Å². The number of hydrogen-bond donors (Lipinski definition) is 1. The Bertz CT molecular complexity index is 1100. The monoisotopic (exact) mass is 416 g/mol. The van der Waals surface area contributed by atoms with Gasteiger partial charge < -0.3 is 4.74 Å². The number of methoxy groups -OCH3 is 1. The van der Waals surface area contributed by atoms with E-state index in [1.165, 1.54) is 23.5 Å². The van der Waals surface area contributed by atoms with Gasteiger partial charge in [0.15, 0.2) is 15.0 Å². The highest BCUT2D eigenvalue weighted by Crippen LogP contribution is 2.31. The molecule has 1 amide bonds. The highest BCUT2D eigenvalue weighted by atomic mass is 32.2. The molecular formula is C20H20N2O4S2. The number of sulfone groups is 1. The molecule has 0 aliphatic rings. The van der Waals surface area contributed by atoms with Gasteiger partial charge in [0.05, 0.1) is 23.5 Å². The van der Waals surface area contributed by atoms with Crippen molar-refractivity contribution in [2.45, 2.75) is 18.7 Å². The van der Waals surface area contributed by atoms with Gasteiger partial charge in [-0.1, -0.05) is 13.0 Å². The van der Waals surface area contributed by atoms with Gasteiger partial charge in [-0.2, -0.15) is 0 Å². The zero-order valence-corrected chi connectivity index (χ0v) is 17.4. The molecule has 3 aromatic rings. The van der Waals surface area contributed by atoms with Crippen LogP contribution in [0, 0.1) is 6.92 Å². The summed E-state index contributed by atoms with van der Waals surface area (Å²) >= 11 is 1.36. The van der Waals surface area contributed by atoms with Crippen molar-refractivity contribution in [2.24, 2.45) is 0 Å². The number of benzene rings is 2. The molecule has 0 atom stereocenters. The highest BCUT2D eigenvalue weighted by molar-refractivity contribution is 7.91. The molecule has 8 heteroatoms. The Balaban J connectivity index is 1.83. The third-order valence-corrected chi connectivity index (χ3v) is 6.83. The Hall–Kier alpha value is -2.71. The molecule has 0 fully saturated rings. The lowest BCUT2D eigenvalue weighted by molar-refractivity contribution is 0.102. The van der Waals surface area contributed by atoms with Crippen LogP contribution in [0.3, 0.4) is 0 Å². The van der Waals surface area contributed by atoms with E-state index in [4.69, 9.17) is 4.74 Å². The molecule has 1 aromatic heterocycles. The van der Waals surface area contributed by atoms with E-state index in [1.54, 1.807) is 26.2 Å². The van der Waals surface area contributed by atoms with Crippen molar-refractivity contribution in [1.29, 1.82) is 0 Å². The van der Waals surface area contributed by atoms with Crippen LogP contribution in [-0.4, -0.2) is 32.2 Å². The Morgan fingerprint density at radius 1 is 1.18 bits per heavy atom. The second-order valence-electron chi connectivity index (χ2n) is 6.04. The minimum Gasteiger partial charge on any atom is -0.497 e. The topological polar surface area (TPSA) is 85.4 Å². The lowest BCUT2D eigenvalue weighted by Crippen LogP contribution is -2.13. The molecule has 6 nitrogen and oxygen atoms in total. The SMILES string of the molecule is CCS(=O)(=O)c1cccc(C(=O)Nc2nc(-c3ccc(OC)cc3)c(C)s2)c1. The van der Waals surface area contributed by atoms with E-state index in [1.807, 2.05) is 31.2 Å². The quantitative estimate of drug-likeness (QED) is 0.652. The van der Waals surface area contributed by atoms with E-state index >= 15 is 0 Å². The van der Waals surface area contributed by atoms with Gasteiger partial charge in [0.1, 0.15) is 5.75 Å². The van der Waals surface area contributed by atoms with Crippen LogP contribution < -0.4 is 10.1 Å². The Kier molecular flexibility index (Phi) is 5.81. The van der Waals surface area contributed by atoms with E-state index in [0.29, 0.717) is 5.13 Å². The Morgan fingerprint density at radius 2 is 1.89 bits per heavy atom. The summed E-state index contributed by atoms with van der Waals surface area (Å²) in [5.41, 5.74) is 1.98. The van der Waals surface area contributed by atoms with Crippen LogP contribution in [0.1, 0.15) is 22.2 Å². The normalized spacial score (nSPS) is 11.2. The van der Waals surface area contributed by atoms with Crippen LogP contribution >= 0.6 is 11.3 Å². The van der Waals surface area contributed by atoms with Gasteiger partial charge in [-0.25, -0.2) is 13.4 Å². The van der Waals surface area contributed by atoms with Crippen LogP contribution in [-0.2, 0) is 9.84 Å². The average molecular weight is 417 g/mol. The van der Waals surface area contributed by atoms with Gasteiger partial charge in [0.25, 0.3) is 5.91 Å². The van der Waals surface area contributed by atoms with E-state index in [2.05, 4.69) is 10.3 Å². The number of rotatable bonds is 6. The molecular weight excluding hydrogens is 396 g/mol. The van der Waals surface area contributed by atoms with Gasteiger partial charge in [0.2, 0.25) is 0 Å². The maximum Gasteiger partial charge on any atom is 0.257 e. The molecule has 1 heterocycles. The number of carbonyl (C=O) groups is 1. The first-order valence-electron chi connectivity index (χ1n) is 8.60. The first-order valence-corrected chi connectivity index (χ1v) is 11.1. The van der Waals surface area contributed by atoms with Crippen LogP contribution in [0.15, 0.2) is 53.4 Å². The van der Waals surface area contributed by atoms with Crippen LogP contribution in [0.4, 0.5) is 5.13 Å². The number of aromatic nitrogens is 1. The molecule has 0 spiro atoms. The van der Waals surface area contributed by atoms with Crippen molar-refractivity contribution in [3.05, 3.63) is 59.0 Å². The molecule has 0 saturated carbocycles. The fourth-order valence-electron chi connectivity index (χ4n) is 2.63. The summed E-state index contributed by atoms with van der Waals surface area (Å²) in [6, 6.07) is 13.5. The van der Waals surface area contributed by atoms with Crippen molar-refractivity contribution in [1.82, 2.24) is 4.98 Å². The lowest BCUT2D eigenvalue weighted by atomic mass is 10.1. The predicted octanol–water partition coefficient (Wildman–Crippen LogP) is 4.17. The number of carbonyl (C=O) groups excluding carboxylic acids is 1. The first kappa shape index (κ1) is 20.0. The van der Waals surface area contributed by atoms with Gasteiger partial charge in [-0.05, 0) is 49.4 Å². The minimum absolute atomic E-state index is 0.0189. The summed E-state index contributed by atoms with van der Waals surface area (Å²) < 4.78 is 29.2. The maximum atomic E-state index is 12.6. The zero-order valence-electron chi connectivity index (χ0n) is 15.7. The zero-order chi connectivity index (χ0) is 20.3. The summed E-state index contributed by atoms with van der Waals surface area (Å²) in [7, 11) is -1.77. The maximum absolute atomic E-state index is 12.6. The van der Waals surface area contributed by atoms with E-state index in [0.717, 1.165) is 21.9 Å². The van der Waals surface area contributed by atoms with Crippen LogP contribution in [0.2, 0.25) is 0 Å². The average Bonchev–Trinajstić information content (AvgIpc) is 3.08. The number of hydrogen-bond acceptors (Lipinski definition) is 6. The van der Waals surface area contributed by atoms with E-state index in [9.17, 15) is 13.2 Å². The molecule has 0 unspecified atom stereocenters. The standard InChI is InChI=1S/C20H20N2O4S2/c1-4-28(24,25)17-7-5-6-15(12-17)19(23)22-20-21-18(13(2)27-20)14-8-10-16(26-3)11-9-14/h5-12H,4H2,1-3H3,(H,21,22,23). The molecule has 3 rings (SSSR count). The summed E-state index contributed by atoms with van der Waals surface area (Å²) in [4.78, 5) is 18.2. The molecule has 1 N–H and O–H groups in total. The smallest absolute Gasteiger partial charge is 0.257 e. The Labute approximate surface area is 168 Å². The number of thiazole rings is 1. The second-order valence-corrected chi connectivity index (χ2v) is 9.52. The van der Waals surface area contributed by atoms with Crippen LogP contribution in [0.5, 0.6) is 5.75 Å². The third-order valence-electron chi connectivity index (χ3n) is 4.22. The predicted molar refractivity (Wildman–Crippen MR) is 111 cm³/mol. The highest BCUT2D eigenvalue weighted by Gasteiger charge is 2.16. The summed E-state index contributed by atoms with van der Waals surface area (Å²) in [6.07, 6.45) is 0. The molecule has 0 saturated heterocycles. The summed E-state index contributed by atoms with van der Waals surface area (Å²) in [6.45, 7) is 3.50. The molecule has 146 valence electrons. The number of nitrogens with one attached hydrogen (secondary N) is 1. The number of nitrogens with zero attached hydrogens (tertiary/aromatic N) is 1. The molecule has 2 aromatic carbocycles. The third kappa shape index (κ3) is 4.23. The molecule has 0 radical (unpaired) electrons. The van der Waals surface area contributed by atoms with Crippen molar-refractivity contribution in [3.8, 4) is 17.0 Å². The Morgan fingerprint density at radius 3 is 2.54 bits per heavy atom. The fourth-order valence-corrected chi connectivity index (χ4v) is 4.39. The summed E-state index contributed by atoms with van der Waals surface area (Å²) in [5.74, 6) is 0.338. The minimum atomic E-state index is -3.37. The molecule has 0 aliphatic carbocycles. The van der Waals surface area contributed by atoms with Gasteiger partial charge in [0, 0.05) is 16.0 Å². The van der Waals surface area contributed by atoms with Crippen molar-refractivity contribution in [3.63, 3.8) is 0 Å². The van der Waals surface area contributed by atoms with Crippen molar-refractivity contribution < 1.29 is 17.9 Å². The number of amides is 1. The molecule has 0 bridgehead atoms. The second kappa shape index (κ2) is 8.12. The first-order chi connectivity index (χ1) is 13.3. The van der Waals surface area contributed by atoms with Gasteiger partial charge >= 0.3 is 0 Å². The van der Waals surface area contributed by atoms with Gasteiger partial charge in [-0.15, -0.1) is 11.3 Å². The largest absolute Gasteiger partial charge is 0.497 e. The number of aryl methyl sites for hydroxylation is 1. The van der Waals surface area contributed by atoms with Crippen LogP contribution in [0.25, 0.3) is 11.3 Å². The van der Waals surface area contributed by atoms with Crippen molar-refractivity contribution >= 4 is 32.2 Å². The van der Waals surface area contributed by atoms with Gasteiger partial charge in [-0.3, -0.25) is 10.1 Å². The van der Waals surface area contributed by atoms with Crippen molar-refractivity contribution in [2.75, 3.05) is 18.2 Å². The fraction of sp³-hybridized carbons (Fsp3) is 0.200. The molecule has 0 aliphatic heterocycles. The van der Waals surface area contributed by atoms with E-state index < -0.39 is 15.7 Å². The number of ether oxygens (including phenoxy) is 1. The molecule has 28 heavy (non-hydrogen) atoms.